The van der Waals surface area contributed by atoms with Gasteiger partial charge in [-0.25, -0.2) is 0 Å². The average molecular weight is 279 g/mol. The SMILES string of the molecule is CN(C)CCN1CCN(CC(C)(C#N)NC2CC2)CC1. The van der Waals surface area contributed by atoms with Crippen molar-refractivity contribution in [1.82, 2.24) is 20.0 Å². The van der Waals surface area contributed by atoms with E-state index in [4.69, 9.17) is 0 Å². The molecule has 0 aromatic rings. The molecule has 1 unspecified atom stereocenters. The van der Waals surface area contributed by atoms with Gasteiger partial charge in [-0.05, 0) is 33.9 Å². The molecule has 2 aliphatic rings. The largest absolute Gasteiger partial charge is 0.308 e. The van der Waals surface area contributed by atoms with Crippen molar-refractivity contribution in [1.29, 1.82) is 5.26 Å². The van der Waals surface area contributed by atoms with Gasteiger partial charge in [0.25, 0.3) is 0 Å². The Labute approximate surface area is 123 Å². The first-order valence-corrected chi connectivity index (χ1v) is 7.79. The zero-order chi connectivity index (χ0) is 14.6. The van der Waals surface area contributed by atoms with Crippen molar-refractivity contribution in [3.8, 4) is 6.07 Å². The third kappa shape index (κ3) is 5.02. The molecule has 0 radical (unpaired) electrons. The van der Waals surface area contributed by atoms with Gasteiger partial charge in [-0.1, -0.05) is 0 Å². The summed E-state index contributed by atoms with van der Waals surface area (Å²) in [6.07, 6.45) is 2.46. The summed E-state index contributed by atoms with van der Waals surface area (Å²) in [5.74, 6) is 0. The van der Waals surface area contributed by atoms with E-state index in [-0.39, 0.29) is 5.54 Å². The predicted octanol–water partition coefficient (Wildman–Crippen LogP) is 0.200. The molecule has 114 valence electrons. The zero-order valence-corrected chi connectivity index (χ0v) is 13.2. The Morgan fingerprint density at radius 2 is 1.80 bits per heavy atom. The Kier molecular flexibility index (Phi) is 5.39. The molecule has 1 aliphatic heterocycles. The van der Waals surface area contributed by atoms with Crippen LogP contribution in [0.5, 0.6) is 0 Å². The summed E-state index contributed by atoms with van der Waals surface area (Å²) in [4.78, 5) is 7.19. The second-order valence-electron chi connectivity index (χ2n) is 6.78. The van der Waals surface area contributed by atoms with Gasteiger partial charge in [-0.2, -0.15) is 5.26 Å². The van der Waals surface area contributed by atoms with E-state index in [0.29, 0.717) is 6.04 Å². The minimum Gasteiger partial charge on any atom is -0.308 e. The van der Waals surface area contributed by atoms with Crippen molar-refractivity contribution >= 4 is 0 Å². The van der Waals surface area contributed by atoms with Crippen molar-refractivity contribution in [2.75, 3.05) is 59.9 Å². The lowest BCUT2D eigenvalue weighted by molar-refractivity contribution is 0.109. The number of piperazine rings is 1. The summed E-state index contributed by atoms with van der Waals surface area (Å²) < 4.78 is 0. The van der Waals surface area contributed by atoms with Crippen molar-refractivity contribution in [3.63, 3.8) is 0 Å². The summed E-state index contributed by atoms with van der Waals surface area (Å²) in [5.41, 5.74) is -0.382. The summed E-state index contributed by atoms with van der Waals surface area (Å²) in [7, 11) is 4.25. The first-order chi connectivity index (χ1) is 9.50. The number of hydrogen-bond donors (Lipinski definition) is 1. The molecule has 0 aromatic heterocycles. The number of nitrogens with one attached hydrogen (secondary N) is 1. The van der Waals surface area contributed by atoms with E-state index >= 15 is 0 Å². The molecule has 1 heterocycles. The molecule has 0 bridgehead atoms. The molecular weight excluding hydrogens is 250 g/mol. The smallest absolute Gasteiger partial charge is 0.116 e. The van der Waals surface area contributed by atoms with Gasteiger partial charge in [0.15, 0.2) is 0 Å². The van der Waals surface area contributed by atoms with Crippen molar-refractivity contribution < 1.29 is 0 Å². The minimum atomic E-state index is -0.382. The van der Waals surface area contributed by atoms with Crippen LogP contribution in [0, 0.1) is 11.3 Å². The molecule has 5 heteroatoms. The van der Waals surface area contributed by atoms with Crippen LogP contribution in [0.4, 0.5) is 0 Å². The van der Waals surface area contributed by atoms with Crippen molar-refractivity contribution in [2.45, 2.75) is 31.3 Å². The Balaban J connectivity index is 1.71. The number of hydrogen-bond acceptors (Lipinski definition) is 5. The van der Waals surface area contributed by atoms with Crippen LogP contribution in [0.3, 0.4) is 0 Å². The summed E-state index contributed by atoms with van der Waals surface area (Å²) in [6.45, 7) is 9.58. The highest BCUT2D eigenvalue weighted by molar-refractivity contribution is 5.09. The quantitative estimate of drug-likeness (QED) is 0.721. The lowest BCUT2D eigenvalue weighted by atomic mass is 10.0. The lowest BCUT2D eigenvalue weighted by Crippen LogP contribution is -2.56. The van der Waals surface area contributed by atoms with Crippen LogP contribution >= 0.6 is 0 Å². The van der Waals surface area contributed by atoms with E-state index in [0.717, 1.165) is 45.8 Å². The summed E-state index contributed by atoms with van der Waals surface area (Å²) in [5, 5.41) is 12.9. The van der Waals surface area contributed by atoms with Crippen LogP contribution < -0.4 is 5.32 Å². The average Bonchev–Trinajstić information content (AvgIpc) is 3.21. The third-order valence-electron chi connectivity index (χ3n) is 4.21. The molecule has 2 rings (SSSR count). The number of rotatable bonds is 7. The van der Waals surface area contributed by atoms with Crippen LogP contribution in [0.1, 0.15) is 19.8 Å². The summed E-state index contributed by atoms with van der Waals surface area (Å²) in [6, 6.07) is 3.06. The van der Waals surface area contributed by atoms with Crippen LogP contribution in [0.15, 0.2) is 0 Å². The van der Waals surface area contributed by atoms with Gasteiger partial charge in [-0.3, -0.25) is 15.1 Å². The maximum atomic E-state index is 9.43. The minimum absolute atomic E-state index is 0.382. The highest BCUT2D eigenvalue weighted by Crippen LogP contribution is 2.23. The van der Waals surface area contributed by atoms with Gasteiger partial charge < -0.3 is 4.90 Å². The number of nitrogens with zero attached hydrogens (tertiary/aromatic N) is 4. The van der Waals surface area contributed by atoms with E-state index in [1.807, 2.05) is 6.92 Å². The summed E-state index contributed by atoms with van der Waals surface area (Å²) >= 11 is 0. The molecule has 0 spiro atoms. The molecule has 0 aromatic carbocycles. The van der Waals surface area contributed by atoms with Gasteiger partial charge in [0.05, 0.1) is 6.07 Å². The second kappa shape index (κ2) is 6.86. The molecule has 20 heavy (non-hydrogen) atoms. The first-order valence-electron chi connectivity index (χ1n) is 7.79. The number of nitriles is 1. The maximum absolute atomic E-state index is 9.43. The van der Waals surface area contributed by atoms with Crippen molar-refractivity contribution in [3.05, 3.63) is 0 Å². The lowest BCUT2D eigenvalue weighted by Gasteiger charge is -2.38. The van der Waals surface area contributed by atoms with E-state index in [2.05, 4.69) is 40.2 Å². The van der Waals surface area contributed by atoms with E-state index in [1.165, 1.54) is 12.8 Å². The molecule has 5 nitrogen and oxygen atoms in total. The zero-order valence-electron chi connectivity index (χ0n) is 13.2. The predicted molar refractivity (Wildman–Crippen MR) is 81.6 cm³/mol. The Hall–Kier alpha value is -0.670. The molecular formula is C15H29N5. The molecule has 1 aliphatic carbocycles. The molecule has 1 N–H and O–H groups in total. The fourth-order valence-electron chi connectivity index (χ4n) is 2.75. The Bertz CT molecular complexity index is 339. The van der Waals surface area contributed by atoms with Gasteiger partial charge in [-0.15, -0.1) is 0 Å². The van der Waals surface area contributed by atoms with Gasteiger partial charge in [0.2, 0.25) is 0 Å². The monoisotopic (exact) mass is 279 g/mol. The molecule has 1 atom stereocenters. The molecule has 1 saturated carbocycles. The fraction of sp³-hybridized carbons (Fsp3) is 0.933. The highest BCUT2D eigenvalue weighted by atomic mass is 15.3. The Morgan fingerprint density at radius 3 is 2.30 bits per heavy atom. The number of likely N-dealkylation sites (N-methyl/N-ethyl adjacent to an activating group) is 1. The van der Waals surface area contributed by atoms with E-state index < -0.39 is 0 Å². The maximum Gasteiger partial charge on any atom is 0.116 e. The van der Waals surface area contributed by atoms with Crippen LogP contribution in [0.25, 0.3) is 0 Å². The van der Waals surface area contributed by atoms with Crippen LogP contribution in [-0.4, -0.2) is 86.2 Å². The van der Waals surface area contributed by atoms with Crippen molar-refractivity contribution in [2.24, 2.45) is 0 Å². The first kappa shape index (κ1) is 15.7. The third-order valence-corrected chi connectivity index (χ3v) is 4.21. The van der Waals surface area contributed by atoms with Crippen LogP contribution in [-0.2, 0) is 0 Å². The molecule has 2 fully saturated rings. The van der Waals surface area contributed by atoms with Gasteiger partial charge in [0.1, 0.15) is 5.54 Å². The van der Waals surface area contributed by atoms with Gasteiger partial charge >= 0.3 is 0 Å². The van der Waals surface area contributed by atoms with E-state index in [1.54, 1.807) is 0 Å². The van der Waals surface area contributed by atoms with Crippen LogP contribution in [0.2, 0.25) is 0 Å². The standard InChI is InChI=1S/C15H29N5/c1-15(12-16,17-14-4-5-14)13-20-10-8-19(9-11-20)7-6-18(2)3/h14,17H,4-11,13H2,1-3H3. The Morgan fingerprint density at radius 1 is 1.20 bits per heavy atom. The fourth-order valence-corrected chi connectivity index (χ4v) is 2.75. The normalized spacial score (nSPS) is 24.6. The molecule has 1 saturated heterocycles. The van der Waals surface area contributed by atoms with E-state index in [9.17, 15) is 5.26 Å². The highest BCUT2D eigenvalue weighted by Gasteiger charge is 2.34. The second-order valence-corrected chi connectivity index (χ2v) is 6.78. The van der Waals surface area contributed by atoms with Gasteiger partial charge in [0, 0.05) is 51.9 Å². The topological polar surface area (TPSA) is 45.5 Å². The molecule has 0 amide bonds.